The van der Waals surface area contributed by atoms with E-state index in [0.29, 0.717) is 11.3 Å². The lowest BCUT2D eigenvalue weighted by atomic mass is 10.2. The first-order chi connectivity index (χ1) is 12.0. The third kappa shape index (κ3) is 4.04. The molecule has 0 fully saturated rings. The van der Waals surface area contributed by atoms with Crippen LogP contribution in [0.4, 0.5) is 9.93 Å². The Balaban J connectivity index is 1.84. The van der Waals surface area contributed by atoms with Crippen LogP contribution in [0.3, 0.4) is 0 Å². The maximum atomic E-state index is 12.4. The number of hydrogen-bond acceptors (Lipinski definition) is 4. The highest BCUT2D eigenvalue weighted by Crippen LogP contribution is 2.26. The van der Waals surface area contributed by atoms with Gasteiger partial charge in [-0.2, -0.15) is 5.01 Å². The summed E-state index contributed by atoms with van der Waals surface area (Å²) in [7, 11) is 0. The third-order valence-corrected chi connectivity index (χ3v) is 4.59. The lowest BCUT2D eigenvalue weighted by Crippen LogP contribution is -2.49. The van der Waals surface area contributed by atoms with Crippen LogP contribution in [0.2, 0.25) is 0 Å². The average Bonchev–Trinajstić information content (AvgIpc) is 3.09. The minimum Gasteiger partial charge on any atom is -0.350 e. The molecule has 3 rings (SSSR count). The number of amides is 3. The first-order valence-corrected chi connectivity index (χ1v) is 8.89. The number of primary amides is 1. The molecule has 0 saturated heterocycles. The summed E-state index contributed by atoms with van der Waals surface area (Å²) in [5.41, 5.74) is 9.89. The fourth-order valence-electron chi connectivity index (χ4n) is 2.10. The number of nitrogens with zero attached hydrogens (tertiary/aromatic N) is 2. The van der Waals surface area contributed by atoms with Crippen LogP contribution >= 0.6 is 27.3 Å². The summed E-state index contributed by atoms with van der Waals surface area (Å²) in [4.78, 5) is 28.5. The van der Waals surface area contributed by atoms with E-state index in [4.69, 9.17) is 5.73 Å². The molecule has 25 heavy (non-hydrogen) atoms. The summed E-state index contributed by atoms with van der Waals surface area (Å²) in [5.74, 6) is -0.462. The number of carbonyl (C=O) groups excluding carboxylic acids is 2. The molecule has 126 valence electrons. The first kappa shape index (κ1) is 17.1. The number of nitrogens with two attached hydrogens (primary N) is 1. The molecule has 0 aliphatic heterocycles. The quantitative estimate of drug-likeness (QED) is 0.636. The number of carbonyl (C=O) groups is 2. The van der Waals surface area contributed by atoms with Crippen molar-refractivity contribution in [3.05, 3.63) is 70.0 Å². The van der Waals surface area contributed by atoms with Gasteiger partial charge in [0.25, 0.3) is 5.91 Å². The van der Waals surface area contributed by atoms with Crippen LogP contribution < -0.4 is 16.2 Å². The third-order valence-electron chi connectivity index (χ3n) is 3.27. The van der Waals surface area contributed by atoms with E-state index in [9.17, 15) is 9.59 Å². The van der Waals surface area contributed by atoms with Gasteiger partial charge in [0.15, 0.2) is 0 Å². The molecule has 3 N–H and O–H groups in total. The molecular formula is C17H13BrN4O2S. The summed E-state index contributed by atoms with van der Waals surface area (Å²) in [6.45, 7) is 0. The number of aromatic nitrogens is 1. The Hall–Kier alpha value is -2.71. The zero-order chi connectivity index (χ0) is 17.8. The van der Waals surface area contributed by atoms with E-state index >= 15 is 0 Å². The van der Waals surface area contributed by atoms with Gasteiger partial charge in [-0.25, -0.2) is 9.78 Å². The zero-order valence-corrected chi connectivity index (χ0v) is 15.3. The van der Waals surface area contributed by atoms with Gasteiger partial charge in [0.1, 0.15) is 0 Å². The second-order valence-corrected chi connectivity index (χ2v) is 6.76. The zero-order valence-electron chi connectivity index (χ0n) is 12.8. The number of hydrogen-bond donors (Lipinski definition) is 2. The Bertz CT molecular complexity index is 914. The highest BCUT2D eigenvalue weighted by Gasteiger charge is 2.20. The average molecular weight is 417 g/mol. The summed E-state index contributed by atoms with van der Waals surface area (Å²) in [6, 6.07) is 15.5. The van der Waals surface area contributed by atoms with Crippen molar-refractivity contribution in [3.63, 3.8) is 0 Å². The molecule has 6 nitrogen and oxygen atoms in total. The van der Waals surface area contributed by atoms with Gasteiger partial charge in [-0.3, -0.25) is 10.2 Å². The lowest BCUT2D eigenvalue weighted by molar-refractivity contribution is 0.0950. The van der Waals surface area contributed by atoms with Gasteiger partial charge in [-0.15, -0.1) is 11.3 Å². The Labute approximate surface area is 156 Å². The van der Waals surface area contributed by atoms with Crippen molar-refractivity contribution < 1.29 is 9.59 Å². The molecule has 0 saturated carbocycles. The largest absolute Gasteiger partial charge is 0.350 e. The molecular weight excluding hydrogens is 404 g/mol. The van der Waals surface area contributed by atoms with Crippen molar-refractivity contribution in [2.75, 3.05) is 5.01 Å². The lowest BCUT2D eigenvalue weighted by Gasteiger charge is -2.18. The van der Waals surface area contributed by atoms with Crippen LogP contribution in [-0.4, -0.2) is 16.9 Å². The fourth-order valence-corrected chi connectivity index (χ4v) is 3.30. The van der Waals surface area contributed by atoms with Gasteiger partial charge in [-0.1, -0.05) is 52.3 Å². The summed E-state index contributed by atoms with van der Waals surface area (Å²) in [5, 5.41) is 3.03. The smallest absolute Gasteiger partial charge is 0.340 e. The Morgan fingerprint density at radius 1 is 1.12 bits per heavy atom. The molecule has 0 aliphatic carbocycles. The van der Waals surface area contributed by atoms with Gasteiger partial charge >= 0.3 is 6.03 Å². The maximum Gasteiger partial charge on any atom is 0.340 e. The molecule has 0 atom stereocenters. The molecule has 0 radical (unpaired) electrons. The molecule has 0 spiro atoms. The van der Waals surface area contributed by atoms with Crippen molar-refractivity contribution in [1.29, 1.82) is 0 Å². The van der Waals surface area contributed by atoms with Crippen LogP contribution in [0.15, 0.2) is 64.5 Å². The van der Waals surface area contributed by atoms with Crippen molar-refractivity contribution in [3.8, 4) is 11.3 Å². The van der Waals surface area contributed by atoms with Gasteiger partial charge in [0, 0.05) is 21.0 Å². The molecule has 2 aromatic carbocycles. The molecule has 3 aromatic rings. The minimum absolute atomic E-state index is 0.287. The number of hydrazine groups is 1. The van der Waals surface area contributed by atoms with Crippen molar-refractivity contribution in [2.24, 2.45) is 5.73 Å². The van der Waals surface area contributed by atoms with E-state index in [1.165, 1.54) is 11.3 Å². The minimum atomic E-state index is -0.822. The fraction of sp³-hybridized carbons (Fsp3) is 0. The van der Waals surface area contributed by atoms with E-state index in [2.05, 4.69) is 26.3 Å². The van der Waals surface area contributed by atoms with E-state index in [0.717, 1.165) is 15.0 Å². The van der Waals surface area contributed by atoms with Gasteiger partial charge in [-0.05, 0) is 18.2 Å². The molecule has 3 amide bonds. The maximum absolute atomic E-state index is 12.4. The van der Waals surface area contributed by atoms with Gasteiger partial charge in [0.2, 0.25) is 5.13 Å². The number of thiazole rings is 1. The highest BCUT2D eigenvalue weighted by molar-refractivity contribution is 9.10. The number of nitrogens with one attached hydrogen (secondary N) is 1. The Morgan fingerprint density at radius 3 is 2.56 bits per heavy atom. The van der Waals surface area contributed by atoms with E-state index in [1.54, 1.807) is 29.6 Å². The van der Waals surface area contributed by atoms with Crippen molar-refractivity contribution in [1.82, 2.24) is 10.4 Å². The molecule has 0 unspecified atom stereocenters. The van der Waals surface area contributed by atoms with E-state index in [1.807, 2.05) is 30.3 Å². The predicted molar refractivity (Wildman–Crippen MR) is 101 cm³/mol. The van der Waals surface area contributed by atoms with Crippen LogP contribution in [0.25, 0.3) is 11.3 Å². The second-order valence-electron chi connectivity index (χ2n) is 5.01. The van der Waals surface area contributed by atoms with Crippen LogP contribution in [-0.2, 0) is 0 Å². The highest BCUT2D eigenvalue weighted by atomic mass is 79.9. The first-order valence-electron chi connectivity index (χ1n) is 7.21. The van der Waals surface area contributed by atoms with Crippen LogP contribution in [0.1, 0.15) is 10.4 Å². The van der Waals surface area contributed by atoms with Gasteiger partial charge in [0.05, 0.1) is 5.69 Å². The molecule has 1 aromatic heterocycles. The number of rotatable bonds is 3. The number of anilines is 1. The molecule has 1 heterocycles. The normalized spacial score (nSPS) is 10.3. The van der Waals surface area contributed by atoms with E-state index in [-0.39, 0.29) is 5.13 Å². The predicted octanol–water partition coefficient (Wildman–Crippen LogP) is 3.80. The van der Waals surface area contributed by atoms with Crippen LogP contribution in [0, 0.1) is 0 Å². The molecule has 0 bridgehead atoms. The Morgan fingerprint density at radius 2 is 1.88 bits per heavy atom. The number of benzene rings is 2. The van der Waals surface area contributed by atoms with E-state index < -0.39 is 11.9 Å². The van der Waals surface area contributed by atoms with Gasteiger partial charge < -0.3 is 5.73 Å². The van der Waals surface area contributed by atoms with Crippen molar-refractivity contribution in [2.45, 2.75) is 0 Å². The van der Waals surface area contributed by atoms with Crippen molar-refractivity contribution >= 4 is 44.3 Å². The molecule has 0 aliphatic rings. The number of urea groups is 1. The number of halogens is 1. The topological polar surface area (TPSA) is 88.3 Å². The summed E-state index contributed by atoms with van der Waals surface area (Å²) in [6.07, 6.45) is 0. The summed E-state index contributed by atoms with van der Waals surface area (Å²) < 4.78 is 0.756. The second kappa shape index (κ2) is 7.45. The standard InChI is InChI=1S/C17H13BrN4O2S/c18-13-8-4-7-12(9-13)15(23)21-22(16(19)24)17-20-14(10-25-17)11-5-2-1-3-6-11/h1-10H,(H2,19,24)(H,21,23). The summed E-state index contributed by atoms with van der Waals surface area (Å²) >= 11 is 4.52. The Kier molecular flexibility index (Phi) is 5.11. The molecule has 8 heteroatoms. The monoisotopic (exact) mass is 416 g/mol. The SMILES string of the molecule is NC(=O)N(NC(=O)c1cccc(Br)c1)c1nc(-c2ccccc2)cs1. The van der Waals surface area contributed by atoms with Crippen LogP contribution in [0.5, 0.6) is 0 Å².